The predicted molar refractivity (Wildman–Crippen MR) is 125 cm³/mol. The lowest BCUT2D eigenvalue weighted by Gasteiger charge is -2.31. The summed E-state index contributed by atoms with van der Waals surface area (Å²) in [5.41, 5.74) is 1.84. The SMILES string of the molecule is O=C(OCc1ccccc1)N1C[C@@H](O)[C@H](N(Cc2ccccc2)Cc2ccc(C(F)(F)F)cc2)C1. The number of carbonyl (C=O) groups is 1. The zero-order valence-electron chi connectivity index (χ0n) is 19.1. The predicted octanol–water partition coefficient (Wildman–Crippen LogP) is 5.09. The summed E-state index contributed by atoms with van der Waals surface area (Å²) >= 11 is 0. The smallest absolute Gasteiger partial charge is 0.416 e. The van der Waals surface area contributed by atoms with Gasteiger partial charge in [0, 0.05) is 19.6 Å². The lowest BCUT2D eigenvalue weighted by atomic mass is 10.1. The topological polar surface area (TPSA) is 53.0 Å². The molecule has 0 spiro atoms. The first-order valence-electron chi connectivity index (χ1n) is 11.4. The minimum atomic E-state index is -4.40. The summed E-state index contributed by atoms with van der Waals surface area (Å²) in [5, 5.41) is 10.8. The van der Waals surface area contributed by atoms with Crippen molar-refractivity contribution < 1.29 is 27.8 Å². The molecule has 1 fully saturated rings. The minimum absolute atomic E-state index is 0.122. The normalized spacial score (nSPS) is 18.1. The quantitative estimate of drug-likeness (QED) is 0.508. The Bertz CT molecular complexity index is 1090. The highest BCUT2D eigenvalue weighted by molar-refractivity contribution is 5.68. The van der Waals surface area contributed by atoms with Crippen LogP contribution in [0.5, 0.6) is 0 Å². The summed E-state index contributed by atoms with van der Waals surface area (Å²) in [6.45, 7) is 1.30. The van der Waals surface area contributed by atoms with E-state index in [0.29, 0.717) is 18.7 Å². The fraction of sp³-hybridized carbons (Fsp3) is 0.296. The number of alkyl halides is 3. The van der Waals surface area contributed by atoms with Crippen molar-refractivity contribution in [1.29, 1.82) is 0 Å². The van der Waals surface area contributed by atoms with Gasteiger partial charge < -0.3 is 14.7 Å². The molecule has 1 saturated heterocycles. The van der Waals surface area contributed by atoms with Gasteiger partial charge in [0.15, 0.2) is 0 Å². The number of nitrogens with zero attached hydrogens (tertiary/aromatic N) is 2. The van der Waals surface area contributed by atoms with E-state index in [2.05, 4.69) is 0 Å². The Morgan fingerprint density at radius 1 is 0.857 bits per heavy atom. The van der Waals surface area contributed by atoms with Crippen LogP contribution in [0.15, 0.2) is 84.9 Å². The molecule has 4 rings (SSSR count). The van der Waals surface area contributed by atoms with Crippen LogP contribution in [0, 0.1) is 0 Å². The van der Waals surface area contributed by atoms with Crippen molar-refractivity contribution in [2.75, 3.05) is 13.1 Å². The zero-order valence-corrected chi connectivity index (χ0v) is 19.1. The molecule has 184 valence electrons. The van der Waals surface area contributed by atoms with Crippen molar-refractivity contribution in [3.05, 3.63) is 107 Å². The van der Waals surface area contributed by atoms with Gasteiger partial charge in [0.2, 0.25) is 0 Å². The van der Waals surface area contributed by atoms with Gasteiger partial charge in [0.1, 0.15) is 6.61 Å². The second-order valence-corrected chi connectivity index (χ2v) is 8.67. The summed E-state index contributed by atoms with van der Waals surface area (Å²) in [6.07, 6.45) is -5.73. The fourth-order valence-corrected chi connectivity index (χ4v) is 4.23. The Labute approximate surface area is 202 Å². The Hall–Kier alpha value is -3.36. The molecule has 0 radical (unpaired) electrons. The first-order valence-corrected chi connectivity index (χ1v) is 11.4. The molecule has 5 nitrogen and oxygen atoms in total. The number of rotatable bonds is 7. The number of halogens is 3. The third-order valence-electron chi connectivity index (χ3n) is 6.09. The lowest BCUT2D eigenvalue weighted by Crippen LogP contribution is -2.42. The monoisotopic (exact) mass is 484 g/mol. The highest BCUT2D eigenvalue weighted by Crippen LogP contribution is 2.30. The van der Waals surface area contributed by atoms with Crippen LogP contribution in [0.3, 0.4) is 0 Å². The van der Waals surface area contributed by atoms with Gasteiger partial charge >= 0.3 is 12.3 Å². The van der Waals surface area contributed by atoms with Crippen molar-refractivity contribution in [3.63, 3.8) is 0 Å². The number of amides is 1. The van der Waals surface area contributed by atoms with E-state index < -0.39 is 30.0 Å². The van der Waals surface area contributed by atoms with Crippen molar-refractivity contribution in [1.82, 2.24) is 9.80 Å². The molecular weight excluding hydrogens is 457 g/mol. The summed E-state index contributed by atoms with van der Waals surface area (Å²) < 4.78 is 44.3. The van der Waals surface area contributed by atoms with Crippen molar-refractivity contribution in [2.45, 2.75) is 38.0 Å². The van der Waals surface area contributed by atoms with Crippen LogP contribution in [0.25, 0.3) is 0 Å². The molecule has 0 bridgehead atoms. The van der Waals surface area contributed by atoms with Crippen molar-refractivity contribution >= 4 is 6.09 Å². The average Bonchev–Trinajstić information content (AvgIpc) is 3.25. The molecule has 1 aliphatic heterocycles. The van der Waals surface area contributed by atoms with Crippen LogP contribution in [0.4, 0.5) is 18.0 Å². The Morgan fingerprint density at radius 3 is 1.97 bits per heavy atom. The van der Waals surface area contributed by atoms with Crippen molar-refractivity contribution in [2.24, 2.45) is 0 Å². The van der Waals surface area contributed by atoms with Gasteiger partial charge in [-0.05, 0) is 28.8 Å². The van der Waals surface area contributed by atoms with Crippen molar-refractivity contribution in [3.8, 4) is 0 Å². The molecule has 8 heteroatoms. The van der Waals surface area contributed by atoms with Gasteiger partial charge in [-0.15, -0.1) is 0 Å². The zero-order chi connectivity index (χ0) is 24.8. The molecule has 3 aromatic rings. The van der Waals surface area contributed by atoms with Gasteiger partial charge in [0.05, 0.1) is 24.3 Å². The number of aliphatic hydroxyl groups is 1. The summed E-state index contributed by atoms with van der Waals surface area (Å²) in [4.78, 5) is 16.1. The molecule has 1 amide bonds. The minimum Gasteiger partial charge on any atom is -0.445 e. The molecule has 0 aliphatic carbocycles. The highest BCUT2D eigenvalue weighted by Gasteiger charge is 2.38. The standard InChI is InChI=1S/C27H27F3N2O3/c28-27(29,30)23-13-11-21(12-14-23)16-31(15-20-7-3-1-4-8-20)24-17-32(18-25(24)33)26(34)35-19-22-9-5-2-6-10-22/h1-14,24-25,33H,15-19H2/t24-,25-/m1/s1. The van der Waals surface area contributed by atoms with Crippen LogP contribution in [0.1, 0.15) is 22.3 Å². The molecule has 0 saturated carbocycles. The maximum Gasteiger partial charge on any atom is 0.416 e. The molecule has 0 aromatic heterocycles. The molecule has 3 aromatic carbocycles. The van der Waals surface area contributed by atoms with Crippen LogP contribution in [-0.2, 0) is 30.6 Å². The van der Waals surface area contributed by atoms with Gasteiger partial charge in [-0.2, -0.15) is 13.2 Å². The number of hydrogen-bond donors (Lipinski definition) is 1. The van der Waals surface area contributed by atoms with E-state index in [4.69, 9.17) is 4.74 Å². The number of carbonyl (C=O) groups excluding carboxylic acids is 1. The van der Waals surface area contributed by atoms with Crippen LogP contribution >= 0.6 is 0 Å². The highest BCUT2D eigenvalue weighted by atomic mass is 19.4. The molecule has 35 heavy (non-hydrogen) atoms. The van der Waals surface area contributed by atoms with E-state index in [1.165, 1.54) is 17.0 Å². The van der Waals surface area contributed by atoms with Crippen LogP contribution in [0.2, 0.25) is 0 Å². The molecule has 2 atom stereocenters. The van der Waals surface area contributed by atoms with E-state index in [1.807, 2.05) is 65.6 Å². The Balaban J connectivity index is 1.46. The number of benzene rings is 3. The fourth-order valence-electron chi connectivity index (χ4n) is 4.23. The molecule has 1 aliphatic rings. The van der Waals surface area contributed by atoms with E-state index in [0.717, 1.165) is 23.3 Å². The molecule has 1 N–H and O–H groups in total. The van der Waals surface area contributed by atoms with Gasteiger partial charge in [-0.25, -0.2) is 4.79 Å². The second kappa shape index (κ2) is 10.9. The molecular formula is C27H27F3N2O3. The number of likely N-dealkylation sites (tertiary alicyclic amines) is 1. The number of ether oxygens (including phenoxy) is 1. The van der Waals surface area contributed by atoms with Gasteiger partial charge in [-0.3, -0.25) is 4.90 Å². The third kappa shape index (κ3) is 6.61. The molecule has 1 heterocycles. The van der Waals surface area contributed by atoms with Gasteiger partial charge in [-0.1, -0.05) is 72.8 Å². The van der Waals surface area contributed by atoms with Crippen LogP contribution in [-0.4, -0.2) is 46.2 Å². The van der Waals surface area contributed by atoms with E-state index in [9.17, 15) is 23.1 Å². The van der Waals surface area contributed by atoms with E-state index in [-0.39, 0.29) is 19.7 Å². The van der Waals surface area contributed by atoms with Gasteiger partial charge in [0.25, 0.3) is 0 Å². The number of hydrogen-bond acceptors (Lipinski definition) is 4. The summed E-state index contributed by atoms with van der Waals surface area (Å²) in [7, 11) is 0. The van der Waals surface area contributed by atoms with Crippen LogP contribution < -0.4 is 0 Å². The Morgan fingerprint density at radius 2 is 1.40 bits per heavy atom. The Kier molecular flexibility index (Phi) is 7.73. The van der Waals surface area contributed by atoms with E-state index >= 15 is 0 Å². The largest absolute Gasteiger partial charge is 0.445 e. The summed E-state index contributed by atoms with van der Waals surface area (Å²) in [5.74, 6) is 0. The number of β-amino-alcohol motifs (C(OH)–C–C–N with tert-alkyl or cyclic N) is 1. The lowest BCUT2D eigenvalue weighted by molar-refractivity contribution is -0.137. The number of aliphatic hydroxyl groups excluding tert-OH is 1. The van der Waals surface area contributed by atoms with E-state index in [1.54, 1.807) is 0 Å². The average molecular weight is 485 g/mol. The third-order valence-corrected chi connectivity index (χ3v) is 6.09. The maximum absolute atomic E-state index is 13.0. The first kappa shape index (κ1) is 24.8. The maximum atomic E-state index is 13.0. The molecule has 0 unspecified atom stereocenters. The summed E-state index contributed by atoms with van der Waals surface area (Å²) in [6, 6.07) is 23.6. The first-order chi connectivity index (χ1) is 16.8. The second-order valence-electron chi connectivity index (χ2n) is 8.67.